The fourth-order valence-corrected chi connectivity index (χ4v) is 5.40. The zero-order chi connectivity index (χ0) is 19.3. The van der Waals surface area contributed by atoms with Crippen LogP contribution in [-0.2, 0) is 21.8 Å². The summed E-state index contributed by atoms with van der Waals surface area (Å²) in [6.07, 6.45) is 3.17. The van der Waals surface area contributed by atoms with Crippen molar-refractivity contribution in [2.75, 3.05) is 5.32 Å². The molecule has 1 aliphatic rings. The van der Waals surface area contributed by atoms with Gasteiger partial charge in [0.05, 0.1) is 0 Å². The fourth-order valence-electron chi connectivity index (χ4n) is 2.98. The Hall–Kier alpha value is -2.05. The van der Waals surface area contributed by atoms with Crippen LogP contribution in [0.4, 0.5) is 5.69 Å². The van der Waals surface area contributed by atoms with E-state index < -0.39 is 26.0 Å². The minimum atomic E-state index is -5.26. The number of amides is 1. The third-order valence-electron chi connectivity index (χ3n) is 4.19. The van der Waals surface area contributed by atoms with E-state index in [9.17, 15) is 27.3 Å². The van der Waals surface area contributed by atoms with Gasteiger partial charge in [0.25, 0.3) is 0 Å². The van der Waals surface area contributed by atoms with Crippen molar-refractivity contribution in [2.45, 2.75) is 45.4 Å². The van der Waals surface area contributed by atoms with Crippen molar-refractivity contribution in [1.29, 1.82) is 0 Å². The number of nitrogens with one attached hydrogen (secondary N) is 1. The molecule has 26 heavy (non-hydrogen) atoms. The number of ketones is 1. The molecule has 1 aliphatic carbocycles. The van der Waals surface area contributed by atoms with Gasteiger partial charge in [-0.3, -0.25) is 0 Å². The molecule has 0 aliphatic heterocycles. The maximum absolute atomic E-state index is 12.5. The fraction of sp³-hybridized carbons (Fsp3) is 0.471. The molecule has 3 N–H and O–H groups in total. The van der Waals surface area contributed by atoms with Crippen LogP contribution in [0.3, 0.4) is 0 Å². The number of hydrogen-bond acceptors (Lipinski definition) is 6. The van der Waals surface area contributed by atoms with E-state index in [2.05, 4.69) is 5.32 Å². The molecule has 1 fully saturated rings. The second-order valence-corrected chi connectivity index (χ2v) is 9.89. The third-order valence-corrected chi connectivity index (χ3v) is 7.23. The number of phenols is 1. The van der Waals surface area contributed by atoms with E-state index >= 15 is 0 Å². The first-order valence-corrected chi connectivity index (χ1v) is 11.7. The Morgan fingerprint density at radius 2 is 2.12 bits per heavy atom. The van der Waals surface area contributed by atoms with Crippen LogP contribution in [0.15, 0.2) is 18.2 Å². The van der Waals surface area contributed by atoms with Gasteiger partial charge >= 0.3 is 154 Å². The van der Waals surface area contributed by atoms with Crippen LogP contribution in [-0.4, -0.2) is 41.0 Å². The third kappa shape index (κ3) is 5.47. The van der Waals surface area contributed by atoms with Gasteiger partial charge in [-0.1, -0.05) is 0 Å². The van der Waals surface area contributed by atoms with E-state index in [4.69, 9.17) is 3.73 Å². The molecule has 1 aromatic rings. The van der Waals surface area contributed by atoms with E-state index in [1.807, 2.05) is 0 Å². The average Bonchev–Trinajstić information content (AvgIpc) is 2.91. The van der Waals surface area contributed by atoms with Gasteiger partial charge in [0.2, 0.25) is 0 Å². The van der Waals surface area contributed by atoms with Crippen LogP contribution < -0.4 is 9.67 Å². The Labute approximate surface area is 153 Å². The topological polar surface area (TPSA) is 130 Å². The molecule has 0 spiro atoms. The first kappa shape index (κ1) is 20.3. The predicted molar refractivity (Wildman–Crippen MR) is 93.0 cm³/mol. The van der Waals surface area contributed by atoms with E-state index in [0.29, 0.717) is 19.3 Å². The Morgan fingerprint density at radius 1 is 1.38 bits per heavy atom. The summed E-state index contributed by atoms with van der Waals surface area (Å²) in [5.41, 5.74) is -0.0770. The monoisotopic (exact) mass is 427 g/mol. The molecule has 0 aromatic heterocycles. The molecule has 1 aromatic carbocycles. The molecule has 142 valence electrons. The summed E-state index contributed by atoms with van der Waals surface area (Å²) in [6, 6.07) is 3.43. The van der Waals surface area contributed by atoms with Gasteiger partial charge in [0.1, 0.15) is 0 Å². The van der Waals surface area contributed by atoms with Crippen LogP contribution in [0.5, 0.6) is 5.75 Å². The van der Waals surface area contributed by atoms with E-state index in [-0.39, 0.29) is 33.9 Å². The molecule has 8 nitrogen and oxygen atoms in total. The summed E-state index contributed by atoms with van der Waals surface area (Å²) >= 11 is -5.26. The van der Waals surface area contributed by atoms with Gasteiger partial charge in [0.15, 0.2) is 0 Å². The second kappa shape index (κ2) is 8.55. The first-order valence-electron chi connectivity index (χ1n) is 8.38. The number of aromatic hydroxyl groups is 1. The number of carbonyl (C=O) groups excluding carboxylic acids is 3. The maximum atomic E-state index is 12.5. The quantitative estimate of drug-likeness (QED) is 0.554. The van der Waals surface area contributed by atoms with Crippen molar-refractivity contribution >= 4 is 41.9 Å². The zero-order valence-corrected chi connectivity index (χ0v) is 16.3. The van der Waals surface area contributed by atoms with Crippen molar-refractivity contribution in [3.05, 3.63) is 18.2 Å². The molecule has 0 radical (unpaired) electrons. The Morgan fingerprint density at radius 3 is 2.73 bits per heavy atom. The summed E-state index contributed by atoms with van der Waals surface area (Å²) < 4.78 is 27.2. The SMILES string of the molecule is CC(=O)Nc1cc(O)ccc1[As](=O)(O)OC(=O)CCCC1CCCC1=O. The molecule has 2 rings (SSSR count). The standard InChI is InChI=1S/C17H22AsNO7/c1-11(20)19-15-10-13(21)8-9-14(15)18(24,25)26-17(23)7-3-5-12-4-2-6-16(12)22/h8-10,12,21H,2-7H2,1H3,(H,19,20)(H,24,25). The number of carbonyl (C=O) groups is 3. The minimum absolute atomic E-state index is 0.0300. The summed E-state index contributed by atoms with van der Waals surface area (Å²) in [4.78, 5) is 34.7. The number of rotatable bonds is 7. The van der Waals surface area contributed by atoms with Crippen molar-refractivity contribution in [3.63, 3.8) is 0 Å². The molecular weight excluding hydrogens is 405 g/mol. The van der Waals surface area contributed by atoms with Gasteiger partial charge in [-0.15, -0.1) is 0 Å². The van der Waals surface area contributed by atoms with Gasteiger partial charge in [-0.05, 0) is 0 Å². The number of anilines is 1. The molecule has 0 saturated heterocycles. The molecular formula is C17H22AsNO7. The predicted octanol–water partition coefficient (Wildman–Crippen LogP) is 1.00. The molecule has 0 bridgehead atoms. The van der Waals surface area contributed by atoms with E-state index in [1.165, 1.54) is 13.0 Å². The number of phenolic OH excluding ortho intramolecular Hbond substituents is 1. The molecule has 1 saturated carbocycles. The molecule has 2 unspecified atom stereocenters. The summed E-state index contributed by atoms with van der Waals surface area (Å²) in [6.45, 7) is 1.21. The Bertz CT molecular complexity index is 761. The van der Waals surface area contributed by atoms with Crippen molar-refractivity contribution < 1.29 is 31.1 Å². The second-order valence-electron chi connectivity index (χ2n) is 6.31. The summed E-state index contributed by atoms with van der Waals surface area (Å²) in [5, 5.41) is 11.8. The van der Waals surface area contributed by atoms with Crippen LogP contribution in [0.2, 0.25) is 0 Å². The Kier molecular flexibility index (Phi) is 6.67. The van der Waals surface area contributed by atoms with Gasteiger partial charge in [0, 0.05) is 0 Å². The molecule has 2 atom stereocenters. The molecule has 0 heterocycles. The van der Waals surface area contributed by atoms with Crippen LogP contribution in [0.1, 0.15) is 45.4 Å². The summed E-state index contributed by atoms with van der Waals surface area (Å²) in [7, 11) is 0. The van der Waals surface area contributed by atoms with Gasteiger partial charge in [-0.2, -0.15) is 0 Å². The first-order chi connectivity index (χ1) is 12.2. The van der Waals surface area contributed by atoms with Crippen molar-refractivity contribution in [2.24, 2.45) is 5.92 Å². The number of Topliss-reactive ketones (excluding diaryl/α,β-unsaturated/α-hetero) is 1. The van der Waals surface area contributed by atoms with Crippen LogP contribution in [0, 0.1) is 5.92 Å². The number of benzene rings is 1. The molecule has 9 heteroatoms. The van der Waals surface area contributed by atoms with Crippen LogP contribution >= 0.6 is 0 Å². The number of hydrogen-bond donors (Lipinski definition) is 3. The zero-order valence-electron chi connectivity index (χ0n) is 14.4. The van der Waals surface area contributed by atoms with Crippen molar-refractivity contribution in [3.8, 4) is 5.75 Å². The average molecular weight is 427 g/mol. The van der Waals surface area contributed by atoms with E-state index in [1.54, 1.807) is 0 Å². The van der Waals surface area contributed by atoms with Crippen molar-refractivity contribution in [1.82, 2.24) is 0 Å². The molecule has 1 amide bonds. The van der Waals surface area contributed by atoms with Crippen LogP contribution in [0.25, 0.3) is 0 Å². The van der Waals surface area contributed by atoms with Gasteiger partial charge < -0.3 is 0 Å². The Balaban J connectivity index is 1.98. The van der Waals surface area contributed by atoms with E-state index in [0.717, 1.165) is 25.0 Å². The summed E-state index contributed by atoms with van der Waals surface area (Å²) in [5.74, 6) is -1.36. The normalized spacial score (nSPS) is 19.0. The van der Waals surface area contributed by atoms with Gasteiger partial charge in [-0.25, -0.2) is 0 Å².